The van der Waals surface area contributed by atoms with Gasteiger partial charge in [0.15, 0.2) is 0 Å². The Bertz CT molecular complexity index is 326. The van der Waals surface area contributed by atoms with Crippen LogP contribution in [0.25, 0.3) is 0 Å². The molecule has 3 nitrogen and oxygen atoms in total. The zero-order chi connectivity index (χ0) is 11.4. The molecule has 16 heavy (non-hydrogen) atoms. The SMILES string of the molecule is OCCC(c1ccc(Cl)s1)N1CCNCC1. The second kappa shape index (κ2) is 5.98. The molecule has 1 fully saturated rings. The number of aliphatic hydroxyl groups excluding tert-OH is 1. The van der Waals surface area contributed by atoms with Gasteiger partial charge in [-0.25, -0.2) is 0 Å². The number of aliphatic hydroxyl groups is 1. The van der Waals surface area contributed by atoms with Gasteiger partial charge in [0.25, 0.3) is 0 Å². The minimum atomic E-state index is 0.226. The average molecular weight is 261 g/mol. The Balaban J connectivity index is 2.09. The summed E-state index contributed by atoms with van der Waals surface area (Å²) in [4.78, 5) is 3.69. The number of hydrogen-bond donors (Lipinski definition) is 2. The van der Waals surface area contributed by atoms with Crippen molar-refractivity contribution in [3.63, 3.8) is 0 Å². The first kappa shape index (κ1) is 12.3. The Morgan fingerprint density at radius 1 is 1.44 bits per heavy atom. The molecular weight excluding hydrogens is 244 g/mol. The topological polar surface area (TPSA) is 35.5 Å². The summed E-state index contributed by atoms with van der Waals surface area (Å²) in [6.07, 6.45) is 0.789. The summed E-state index contributed by atoms with van der Waals surface area (Å²) in [5, 5.41) is 12.5. The number of hydrogen-bond acceptors (Lipinski definition) is 4. The fraction of sp³-hybridized carbons (Fsp3) is 0.636. The van der Waals surface area contributed by atoms with Gasteiger partial charge in [0.2, 0.25) is 0 Å². The minimum absolute atomic E-state index is 0.226. The lowest BCUT2D eigenvalue weighted by atomic mass is 10.1. The monoisotopic (exact) mass is 260 g/mol. The van der Waals surface area contributed by atoms with Crippen LogP contribution in [0.15, 0.2) is 12.1 Å². The number of nitrogens with zero attached hydrogens (tertiary/aromatic N) is 1. The highest BCUT2D eigenvalue weighted by Crippen LogP contribution is 2.32. The third-order valence-electron chi connectivity index (χ3n) is 2.92. The van der Waals surface area contributed by atoms with Crippen LogP contribution in [0, 0.1) is 0 Å². The van der Waals surface area contributed by atoms with Gasteiger partial charge in [-0.2, -0.15) is 0 Å². The highest BCUT2D eigenvalue weighted by Gasteiger charge is 2.22. The van der Waals surface area contributed by atoms with E-state index in [-0.39, 0.29) is 6.61 Å². The number of thiophene rings is 1. The van der Waals surface area contributed by atoms with Crippen LogP contribution in [0.2, 0.25) is 4.34 Å². The van der Waals surface area contributed by atoms with Crippen LogP contribution in [0.5, 0.6) is 0 Å². The van der Waals surface area contributed by atoms with E-state index in [1.165, 1.54) is 4.88 Å². The summed E-state index contributed by atoms with van der Waals surface area (Å²) in [7, 11) is 0. The van der Waals surface area contributed by atoms with Crippen molar-refractivity contribution < 1.29 is 5.11 Å². The second-order valence-corrected chi connectivity index (χ2v) is 5.70. The van der Waals surface area contributed by atoms with E-state index in [9.17, 15) is 0 Å². The lowest BCUT2D eigenvalue weighted by molar-refractivity contribution is 0.143. The highest BCUT2D eigenvalue weighted by atomic mass is 35.5. The van der Waals surface area contributed by atoms with Crippen molar-refractivity contribution in [2.75, 3.05) is 32.8 Å². The summed E-state index contributed by atoms with van der Waals surface area (Å²) in [6.45, 7) is 4.37. The molecule has 2 rings (SSSR count). The first-order valence-electron chi connectivity index (χ1n) is 5.62. The van der Waals surface area contributed by atoms with Crippen molar-refractivity contribution in [3.05, 3.63) is 21.3 Å². The molecule has 1 unspecified atom stereocenters. The molecule has 0 spiro atoms. The van der Waals surface area contributed by atoms with E-state index >= 15 is 0 Å². The molecule has 0 aliphatic carbocycles. The summed E-state index contributed by atoms with van der Waals surface area (Å²) in [5.41, 5.74) is 0. The fourth-order valence-electron chi connectivity index (χ4n) is 2.13. The first-order chi connectivity index (χ1) is 7.81. The molecule has 0 aromatic carbocycles. The molecule has 1 saturated heterocycles. The van der Waals surface area contributed by atoms with E-state index in [1.807, 2.05) is 6.07 Å². The van der Waals surface area contributed by atoms with Gasteiger partial charge in [0.05, 0.1) is 4.34 Å². The molecule has 1 aliphatic heterocycles. The van der Waals surface area contributed by atoms with E-state index in [4.69, 9.17) is 16.7 Å². The Hall–Kier alpha value is -0.130. The Labute approximate surface area is 105 Å². The first-order valence-corrected chi connectivity index (χ1v) is 6.81. The number of nitrogens with one attached hydrogen (secondary N) is 1. The highest BCUT2D eigenvalue weighted by molar-refractivity contribution is 7.16. The molecule has 1 aliphatic rings. The Kier molecular flexibility index (Phi) is 4.61. The second-order valence-electron chi connectivity index (χ2n) is 3.96. The van der Waals surface area contributed by atoms with Gasteiger partial charge in [-0.05, 0) is 18.6 Å². The summed E-state index contributed by atoms with van der Waals surface area (Å²) >= 11 is 7.59. The van der Waals surface area contributed by atoms with Crippen molar-refractivity contribution >= 4 is 22.9 Å². The maximum Gasteiger partial charge on any atom is 0.0931 e. The van der Waals surface area contributed by atoms with Crippen LogP contribution in [0.4, 0.5) is 0 Å². The largest absolute Gasteiger partial charge is 0.396 e. The van der Waals surface area contributed by atoms with Gasteiger partial charge in [-0.1, -0.05) is 11.6 Å². The van der Waals surface area contributed by atoms with E-state index in [2.05, 4.69) is 16.3 Å². The predicted octanol–water partition coefficient (Wildman–Crippen LogP) is 1.73. The van der Waals surface area contributed by atoms with Crippen LogP contribution >= 0.6 is 22.9 Å². The van der Waals surface area contributed by atoms with Crippen LogP contribution in [-0.2, 0) is 0 Å². The van der Waals surface area contributed by atoms with E-state index in [0.717, 1.165) is 36.9 Å². The smallest absolute Gasteiger partial charge is 0.0931 e. The van der Waals surface area contributed by atoms with Crippen molar-refractivity contribution in [2.24, 2.45) is 0 Å². The van der Waals surface area contributed by atoms with E-state index in [0.29, 0.717) is 6.04 Å². The third-order valence-corrected chi connectivity index (χ3v) is 4.25. The molecule has 5 heteroatoms. The fourth-order valence-corrected chi connectivity index (χ4v) is 3.36. The molecule has 1 aromatic rings. The van der Waals surface area contributed by atoms with Gasteiger partial charge in [0, 0.05) is 43.7 Å². The van der Waals surface area contributed by atoms with E-state index in [1.54, 1.807) is 11.3 Å². The summed E-state index contributed by atoms with van der Waals surface area (Å²) in [6, 6.07) is 4.34. The van der Waals surface area contributed by atoms with Crippen LogP contribution in [0.3, 0.4) is 0 Å². The van der Waals surface area contributed by atoms with Gasteiger partial charge < -0.3 is 10.4 Å². The van der Waals surface area contributed by atoms with Crippen LogP contribution < -0.4 is 5.32 Å². The van der Waals surface area contributed by atoms with Crippen molar-refractivity contribution in [1.82, 2.24) is 10.2 Å². The lowest BCUT2D eigenvalue weighted by Crippen LogP contribution is -2.45. The molecule has 1 aromatic heterocycles. The summed E-state index contributed by atoms with van der Waals surface area (Å²) in [5.74, 6) is 0. The van der Waals surface area contributed by atoms with Gasteiger partial charge in [-0.15, -0.1) is 11.3 Å². The minimum Gasteiger partial charge on any atom is -0.396 e. The Morgan fingerprint density at radius 3 is 2.75 bits per heavy atom. The number of rotatable bonds is 4. The molecular formula is C11H17ClN2OS. The Morgan fingerprint density at radius 2 is 2.19 bits per heavy atom. The predicted molar refractivity (Wildman–Crippen MR) is 68.2 cm³/mol. The quantitative estimate of drug-likeness (QED) is 0.866. The van der Waals surface area contributed by atoms with Crippen molar-refractivity contribution in [2.45, 2.75) is 12.5 Å². The lowest BCUT2D eigenvalue weighted by Gasteiger charge is -2.34. The standard InChI is InChI=1S/C11H17ClN2OS/c12-11-2-1-10(16-11)9(3-8-15)14-6-4-13-5-7-14/h1-2,9,13,15H,3-8H2. The molecule has 0 bridgehead atoms. The average Bonchev–Trinajstić information content (AvgIpc) is 2.74. The maximum absolute atomic E-state index is 9.16. The zero-order valence-electron chi connectivity index (χ0n) is 9.16. The third kappa shape index (κ3) is 2.96. The molecule has 0 amide bonds. The van der Waals surface area contributed by atoms with Crippen molar-refractivity contribution in [3.8, 4) is 0 Å². The van der Waals surface area contributed by atoms with Gasteiger partial charge in [-0.3, -0.25) is 4.90 Å². The van der Waals surface area contributed by atoms with Gasteiger partial charge in [0.1, 0.15) is 0 Å². The van der Waals surface area contributed by atoms with Crippen LogP contribution in [-0.4, -0.2) is 42.8 Å². The maximum atomic E-state index is 9.16. The molecule has 0 saturated carbocycles. The molecule has 0 radical (unpaired) electrons. The van der Waals surface area contributed by atoms with E-state index < -0.39 is 0 Å². The molecule has 2 heterocycles. The van der Waals surface area contributed by atoms with Crippen LogP contribution in [0.1, 0.15) is 17.3 Å². The molecule has 2 N–H and O–H groups in total. The van der Waals surface area contributed by atoms with Crippen molar-refractivity contribution in [1.29, 1.82) is 0 Å². The van der Waals surface area contributed by atoms with Gasteiger partial charge >= 0.3 is 0 Å². The molecule has 90 valence electrons. The number of halogens is 1. The zero-order valence-corrected chi connectivity index (χ0v) is 10.7. The summed E-state index contributed by atoms with van der Waals surface area (Å²) < 4.78 is 0.827. The molecule has 1 atom stereocenters. The number of piperazine rings is 1. The normalized spacial score (nSPS) is 19.9.